The fraction of sp³-hybridized carbons (Fsp3) is 0.444. The lowest BCUT2D eigenvalue weighted by molar-refractivity contribution is -0.168. The summed E-state index contributed by atoms with van der Waals surface area (Å²) in [6.45, 7) is 4.80. The molecule has 0 aromatic rings. The number of hydrogen-bond donors (Lipinski definition) is 1. The lowest BCUT2D eigenvalue weighted by Gasteiger charge is -2.14. The molecule has 1 aliphatic heterocycles. The maximum Gasteiger partial charge on any atom is 0.269 e. The predicted molar refractivity (Wildman–Crippen MR) is 44.2 cm³/mol. The Kier molecular flexibility index (Phi) is 2.06. The van der Waals surface area contributed by atoms with E-state index in [4.69, 9.17) is 4.74 Å². The first-order chi connectivity index (χ1) is 5.49. The summed E-state index contributed by atoms with van der Waals surface area (Å²) in [5, 5.41) is 9.38. The Morgan fingerprint density at radius 2 is 2.17 bits per heavy atom. The number of Topliss-reactive ketones (excluding diaryl/α,β-unsaturated/α-hetero) is 1. The normalized spacial score (nSPS) is 30.2. The Balaban J connectivity index is 3.00. The van der Waals surface area contributed by atoms with Gasteiger partial charge in [0.25, 0.3) is 5.79 Å². The Labute approximate surface area is 71.3 Å². The molecule has 0 aromatic heterocycles. The molecule has 0 amide bonds. The van der Waals surface area contributed by atoms with E-state index in [9.17, 15) is 9.90 Å². The summed E-state index contributed by atoms with van der Waals surface area (Å²) in [6.07, 6.45) is 3.42. The molecule has 1 N–H and O–H groups in total. The third kappa shape index (κ3) is 1.28. The molecule has 12 heavy (non-hydrogen) atoms. The molecule has 0 spiro atoms. The number of hydrogen-bond acceptors (Lipinski definition) is 3. The van der Waals surface area contributed by atoms with Gasteiger partial charge in [-0.25, -0.2) is 0 Å². The van der Waals surface area contributed by atoms with E-state index in [1.165, 1.54) is 6.92 Å². The first-order valence-corrected chi connectivity index (χ1v) is 3.79. The largest absolute Gasteiger partial charge is 0.455 e. The number of carbonyl (C=O) groups is 1. The summed E-state index contributed by atoms with van der Waals surface area (Å²) in [5.74, 6) is -1.58. The van der Waals surface area contributed by atoms with E-state index < -0.39 is 5.79 Å². The van der Waals surface area contributed by atoms with Crippen LogP contribution in [0.2, 0.25) is 0 Å². The van der Waals surface area contributed by atoms with Crippen molar-refractivity contribution in [3.63, 3.8) is 0 Å². The van der Waals surface area contributed by atoms with Crippen molar-refractivity contribution in [2.75, 3.05) is 0 Å². The molecule has 1 atom stereocenters. The number of carbonyl (C=O) groups excluding carboxylic acids is 1. The number of aliphatic hydroxyl groups is 1. The van der Waals surface area contributed by atoms with Crippen molar-refractivity contribution in [3.05, 3.63) is 23.5 Å². The van der Waals surface area contributed by atoms with E-state index in [0.717, 1.165) is 0 Å². The smallest absolute Gasteiger partial charge is 0.269 e. The molecule has 0 saturated heterocycles. The molecule has 66 valence electrons. The van der Waals surface area contributed by atoms with Crippen LogP contribution in [0.3, 0.4) is 0 Å². The van der Waals surface area contributed by atoms with Gasteiger partial charge in [-0.15, -0.1) is 0 Å². The minimum atomic E-state index is -1.67. The van der Waals surface area contributed by atoms with Crippen LogP contribution >= 0.6 is 0 Å². The highest BCUT2D eigenvalue weighted by Crippen LogP contribution is 2.28. The van der Waals surface area contributed by atoms with E-state index in [2.05, 4.69) is 0 Å². The van der Waals surface area contributed by atoms with Gasteiger partial charge in [0.15, 0.2) is 0 Å². The summed E-state index contributed by atoms with van der Waals surface area (Å²) in [6, 6.07) is 0. The minimum Gasteiger partial charge on any atom is -0.455 e. The summed E-state index contributed by atoms with van der Waals surface area (Å²) < 4.78 is 5.01. The van der Waals surface area contributed by atoms with E-state index in [1.807, 2.05) is 6.92 Å². The van der Waals surface area contributed by atoms with E-state index in [1.54, 1.807) is 19.1 Å². The Bertz CT molecular complexity index is 271. The highest BCUT2D eigenvalue weighted by Gasteiger charge is 2.41. The van der Waals surface area contributed by atoms with Crippen LogP contribution in [0.25, 0.3) is 0 Å². The topological polar surface area (TPSA) is 46.5 Å². The predicted octanol–water partition coefficient (Wildman–Crippen LogP) is 1.14. The van der Waals surface area contributed by atoms with Gasteiger partial charge >= 0.3 is 0 Å². The van der Waals surface area contributed by atoms with Crippen LogP contribution in [-0.2, 0) is 9.53 Å². The fourth-order valence-corrected chi connectivity index (χ4v) is 1.11. The van der Waals surface area contributed by atoms with Gasteiger partial charge in [0.2, 0.25) is 5.78 Å². The number of ether oxygens (including phenoxy) is 1. The van der Waals surface area contributed by atoms with Gasteiger partial charge in [-0.3, -0.25) is 4.79 Å². The third-order valence-electron chi connectivity index (χ3n) is 1.76. The van der Waals surface area contributed by atoms with Crippen LogP contribution in [0.15, 0.2) is 23.5 Å². The van der Waals surface area contributed by atoms with Crippen LogP contribution in [0.4, 0.5) is 0 Å². The van der Waals surface area contributed by atoms with Gasteiger partial charge in [-0.1, -0.05) is 6.08 Å². The summed E-state index contributed by atoms with van der Waals surface area (Å²) in [4.78, 5) is 11.2. The van der Waals surface area contributed by atoms with Crippen molar-refractivity contribution in [1.29, 1.82) is 0 Å². The van der Waals surface area contributed by atoms with Crippen LogP contribution in [0, 0.1) is 0 Å². The van der Waals surface area contributed by atoms with Crippen molar-refractivity contribution in [2.45, 2.75) is 26.6 Å². The standard InChI is InChI=1S/C9H12O3/c1-4-5-7-6(2)8(10)9(3,11)12-7/h4-5,11H,1-3H3. The molecule has 1 unspecified atom stereocenters. The first-order valence-electron chi connectivity index (χ1n) is 3.79. The molecule has 3 heteroatoms. The molecule has 3 nitrogen and oxygen atoms in total. The zero-order valence-electron chi connectivity index (χ0n) is 7.42. The molecular formula is C9H12O3. The molecule has 0 radical (unpaired) electrons. The van der Waals surface area contributed by atoms with Gasteiger partial charge in [0.1, 0.15) is 5.76 Å². The zero-order chi connectivity index (χ0) is 9.35. The van der Waals surface area contributed by atoms with Gasteiger partial charge in [-0.2, -0.15) is 0 Å². The molecule has 1 aliphatic rings. The van der Waals surface area contributed by atoms with Gasteiger partial charge in [-0.05, 0) is 19.9 Å². The SMILES string of the molecule is CC=CC1=C(C)C(=O)C(C)(O)O1. The second-order valence-electron chi connectivity index (χ2n) is 2.90. The monoisotopic (exact) mass is 168 g/mol. The van der Waals surface area contributed by atoms with Crippen molar-refractivity contribution in [2.24, 2.45) is 0 Å². The number of allylic oxidation sites excluding steroid dienone is 2. The second-order valence-corrected chi connectivity index (χ2v) is 2.90. The molecule has 1 heterocycles. The van der Waals surface area contributed by atoms with Crippen molar-refractivity contribution >= 4 is 5.78 Å². The van der Waals surface area contributed by atoms with E-state index in [-0.39, 0.29) is 5.78 Å². The van der Waals surface area contributed by atoms with E-state index >= 15 is 0 Å². The molecule has 1 rings (SSSR count). The van der Waals surface area contributed by atoms with Crippen LogP contribution < -0.4 is 0 Å². The minimum absolute atomic E-state index is 0.365. The maximum absolute atomic E-state index is 11.2. The average molecular weight is 168 g/mol. The zero-order valence-corrected chi connectivity index (χ0v) is 7.42. The molecule has 0 saturated carbocycles. The highest BCUT2D eigenvalue weighted by atomic mass is 16.6. The maximum atomic E-state index is 11.2. The highest BCUT2D eigenvalue weighted by molar-refractivity contribution is 6.02. The van der Waals surface area contributed by atoms with Crippen LogP contribution in [0.1, 0.15) is 20.8 Å². The van der Waals surface area contributed by atoms with Crippen LogP contribution in [0.5, 0.6) is 0 Å². The van der Waals surface area contributed by atoms with E-state index in [0.29, 0.717) is 11.3 Å². The van der Waals surface area contributed by atoms with Gasteiger partial charge in [0.05, 0.1) is 0 Å². The lowest BCUT2D eigenvalue weighted by Crippen LogP contribution is -2.32. The van der Waals surface area contributed by atoms with Crippen molar-refractivity contribution in [1.82, 2.24) is 0 Å². The molecule has 0 aliphatic carbocycles. The second kappa shape index (κ2) is 2.75. The molecule has 0 bridgehead atoms. The molecule has 0 aromatic carbocycles. The molecular weight excluding hydrogens is 156 g/mol. The van der Waals surface area contributed by atoms with Gasteiger partial charge < -0.3 is 9.84 Å². The average Bonchev–Trinajstić information content (AvgIpc) is 2.16. The van der Waals surface area contributed by atoms with Crippen molar-refractivity contribution < 1.29 is 14.6 Å². The third-order valence-corrected chi connectivity index (χ3v) is 1.76. The lowest BCUT2D eigenvalue weighted by atomic mass is 10.1. The Morgan fingerprint density at radius 3 is 2.50 bits per heavy atom. The quantitative estimate of drug-likeness (QED) is 0.638. The summed E-state index contributed by atoms with van der Waals surface area (Å²) in [5.41, 5.74) is 0.470. The Morgan fingerprint density at radius 1 is 1.58 bits per heavy atom. The van der Waals surface area contributed by atoms with Crippen molar-refractivity contribution in [3.8, 4) is 0 Å². The van der Waals surface area contributed by atoms with Gasteiger partial charge in [0, 0.05) is 12.5 Å². The summed E-state index contributed by atoms with van der Waals surface area (Å²) in [7, 11) is 0. The molecule has 0 fully saturated rings. The van der Waals surface area contributed by atoms with Crippen LogP contribution in [-0.4, -0.2) is 16.7 Å². The number of rotatable bonds is 1. The summed E-state index contributed by atoms with van der Waals surface area (Å²) >= 11 is 0. The Hall–Kier alpha value is -1.09. The number of ketones is 1. The first kappa shape index (κ1) is 9.00. The fourth-order valence-electron chi connectivity index (χ4n) is 1.11.